The molecular weight excluding hydrogens is 570 g/mol. The van der Waals surface area contributed by atoms with Crippen molar-refractivity contribution in [3.8, 4) is 0 Å². The van der Waals surface area contributed by atoms with Crippen LogP contribution in [0.1, 0.15) is 108 Å². The molecule has 8 heteroatoms. The molecule has 1 aromatic carbocycles. The summed E-state index contributed by atoms with van der Waals surface area (Å²) < 4.78 is 14.2. The minimum atomic E-state index is -1.07. The van der Waals surface area contributed by atoms with Gasteiger partial charge < -0.3 is 15.7 Å². The molecule has 9 unspecified atom stereocenters. The van der Waals surface area contributed by atoms with Crippen molar-refractivity contribution in [3.05, 3.63) is 41.5 Å². The molecule has 0 spiro atoms. The third-order valence-corrected chi connectivity index (χ3v) is 14.7. The molecule has 4 fully saturated rings. The van der Waals surface area contributed by atoms with Crippen molar-refractivity contribution in [2.24, 2.45) is 45.8 Å². The molecular formula is C36H53N3O4S. The number of benzene rings is 1. The van der Waals surface area contributed by atoms with E-state index in [4.69, 9.17) is 0 Å². The van der Waals surface area contributed by atoms with Gasteiger partial charge in [0.15, 0.2) is 0 Å². The molecule has 242 valence electrons. The second kappa shape index (κ2) is 11.6. The lowest BCUT2D eigenvalue weighted by molar-refractivity contribution is -0.210. The molecule has 0 radical (unpaired) electrons. The summed E-state index contributed by atoms with van der Waals surface area (Å²) in [6, 6.07) is 7.42. The van der Waals surface area contributed by atoms with Gasteiger partial charge in [0.05, 0.1) is 16.5 Å². The summed E-state index contributed by atoms with van der Waals surface area (Å²) in [6.07, 6.45) is 15.9. The number of urea groups is 1. The topological polar surface area (TPSA) is 108 Å². The highest BCUT2D eigenvalue weighted by Gasteiger charge is 2.68. The van der Waals surface area contributed by atoms with Crippen molar-refractivity contribution in [2.45, 2.75) is 97.4 Å². The summed E-state index contributed by atoms with van der Waals surface area (Å²) in [7, 11) is -1.07. The Hall–Kier alpha value is -2.19. The van der Waals surface area contributed by atoms with Gasteiger partial charge in [-0.1, -0.05) is 52.3 Å². The average molecular weight is 624 g/mol. The molecule has 5 aliphatic rings. The Morgan fingerprint density at radius 3 is 2.36 bits per heavy atom. The molecule has 0 aliphatic heterocycles. The Labute approximate surface area is 266 Å². The first-order valence-electron chi connectivity index (χ1n) is 17.0. The lowest BCUT2D eigenvalue weighted by Crippen LogP contribution is -2.67. The summed E-state index contributed by atoms with van der Waals surface area (Å²) in [5.74, 6) is 2.03. The highest BCUT2D eigenvalue weighted by molar-refractivity contribution is 7.82. The zero-order chi connectivity index (χ0) is 31.5. The first-order valence-corrected chi connectivity index (χ1v) is 18.6. The SMILES string of the molecule is CC1C(c2ccc(C(=O)O)cc2)=CCC2(C)C1CCC1(C)C2CCC2C3CCCC3(NC(=O)NCCNS(C)=O)CC[C@]21C. The van der Waals surface area contributed by atoms with Crippen LogP contribution in [0.5, 0.6) is 0 Å². The minimum Gasteiger partial charge on any atom is -0.478 e. The van der Waals surface area contributed by atoms with Gasteiger partial charge in [-0.05, 0) is 127 Å². The van der Waals surface area contributed by atoms with Crippen LogP contribution in [0.2, 0.25) is 0 Å². The van der Waals surface area contributed by atoms with Crippen LogP contribution in [0.4, 0.5) is 4.79 Å². The van der Waals surface area contributed by atoms with Crippen LogP contribution in [-0.4, -0.2) is 46.2 Å². The standard InChI is InChI=1S/C36H53N3O4S/c1-23-26(24-8-10-25(11-9-24)31(40)41)14-17-33(2)27(23)15-18-35(4)30(33)13-12-28-29-7-6-16-36(29,20-19-34(28,35)3)39-32(42)37-21-22-38-44(5)43/h8-11,14,23,27-30,38H,6-7,12-13,15-22H2,1-5H3,(H,40,41)(H2,37,39,42)/t23?,27?,28?,29?,30?,33?,34-,35?,36?,44?/m1/s1. The molecule has 5 aliphatic carbocycles. The van der Waals surface area contributed by atoms with E-state index in [1.54, 1.807) is 18.4 Å². The van der Waals surface area contributed by atoms with Gasteiger partial charge in [0.25, 0.3) is 0 Å². The van der Waals surface area contributed by atoms with E-state index in [0.29, 0.717) is 48.2 Å². The predicted molar refractivity (Wildman–Crippen MR) is 176 cm³/mol. The summed E-state index contributed by atoms with van der Waals surface area (Å²) in [6.45, 7) is 11.3. The zero-order valence-corrected chi connectivity index (χ0v) is 28.2. The van der Waals surface area contributed by atoms with Crippen molar-refractivity contribution in [1.82, 2.24) is 15.4 Å². The second-order valence-electron chi connectivity index (χ2n) is 15.6. The van der Waals surface area contributed by atoms with E-state index in [0.717, 1.165) is 19.3 Å². The van der Waals surface area contributed by atoms with Crippen LogP contribution in [0.3, 0.4) is 0 Å². The van der Waals surface area contributed by atoms with E-state index in [9.17, 15) is 18.9 Å². The monoisotopic (exact) mass is 623 g/mol. The van der Waals surface area contributed by atoms with E-state index in [1.165, 1.54) is 56.1 Å². The van der Waals surface area contributed by atoms with Gasteiger partial charge in [0.1, 0.15) is 0 Å². The maximum absolute atomic E-state index is 13.1. The highest BCUT2D eigenvalue weighted by atomic mass is 32.2. The van der Waals surface area contributed by atoms with Gasteiger partial charge in [-0.2, -0.15) is 0 Å². The largest absolute Gasteiger partial charge is 0.478 e. The molecule has 1 aromatic rings. The van der Waals surface area contributed by atoms with E-state index >= 15 is 0 Å². The Morgan fingerprint density at radius 1 is 0.909 bits per heavy atom. The average Bonchev–Trinajstić information content (AvgIpc) is 3.39. The normalized spacial score (nSPS) is 41.7. The van der Waals surface area contributed by atoms with Crippen molar-refractivity contribution >= 4 is 28.6 Å². The molecule has 0 heterocycles. The molecule has 10 atom stereocenters. The molecule has 4 saturated carbocycles. The Balaban J connectivity index is 1.21. The van der Waals surface area contributed by atoms with Gasteiger partial charge in [-0.3, -0.25) is 0 Å². The van der Waals surface area contributed by atoms with Crippen LogP contribution in [0, 0.1) is 45.8 Å². The first-order chi connectivity index (χ1) is 20.8. The Kier molecular flexibility index (Phi) is 8.35. The predicted octanol–water partition coefficient (Wildman–Crippen LogP) is 6.78. The molecule has 4 N–H and O–H groups in total. The van der Waals surface area contributed by atoms with Crippen molar-refractivity contribution in [1.29, 1.82) is 0 Å². The maximum Gasteiger partial charge on any atom is 0.335 e. The number of hydrogen-bond donors (Lipinski definition) is 4. The lowest BCUT2D eigenvalue weighted by atomic mass is 9.34. The fourth-order valence-corrected chi connectivity index (χ4v) is 12.2. The van der Waals surface area contributed by atoms with Crippen LogP contribution >= 0.6 is 0 Å². The number of carboxylic acid groups (broad SMARTS) is 1. The number of fused-ring (bicyclic) bond motifs is 7. The number of carboxylic acids is 1. The lowest BCUT2D eigenvalue weighted by Gasteiger charge is -2.71. The third-order valence-electron chi connectivity index (χ3n) is 14.1. The zero-order valence-electron chi connectivity index (χ0n) is 27.3. The van der Waals surface area contributed by atoms with E-state index in [1.807, 2.05) is 12.1 Å². The molecule has 0 aromatic heterocycles. The molecule has 0 saturated heterocycles. The fourth-order valence-electron chi connectivity index (χ4n) is 11.9. The number of carbonyl (C=O) groups excluding carboxylic acids is 1. The number of allylic oxidation sites excluding steroid dienone is 2. The summed E-state index contributed by atoms with van der Waals surface area (Å²) in [4.78, 5) is 24.5. The van der Waals surface area contributed by atoms with Gasteiger partial charge in [-0.25, -0.2) is 18.5 Å². The van der Waals surface area contributed by atoms with Crippen LogP contribution in [0.15, 0.2) is 30.3 Å². The highest BCUT2D eigenvalue weighted by Crippen LogP contribution is 2.75. The molecule has 7 nitrogen and oxygen atoms in total. The summed E-state index contributed by atoms with van der Waals surface area (Å²) in [5.41, 5.74) is 3.59. The van der Waals surface area contributed by atoms with Gasteiger partial charge in [0, 0.05) is 24.9 Å². The first kappa shape index (κ1) is 31.8. The van der Waals surface area contributed by atoms with E-state index < -0.39 is 17.0 Å². The molecule has 6 rings (SSSR count). The van der Waals surface area contributed by atoms with Crippen LogP contribution in [0.25, 0.3) is 5.57 Å². The van der Waals surface area contributed by atoms with E-state index in [-0.39, 0.29) is 27.8 Å². The molecule has 44 heavy (non-hydrogen) atoms. The maximum atomic E-state index is 13.1. The van der Waals surface area contributed by atoms with Crippen LogP contribution in [-0.2, 0) is 11.0 Å². The number of aromatic carboxylic acids is 1. The molecule has 2 amide bonds. The number of rotatable bonds is 7. The third kappa shape index (κ3) is 4.97. The summed E-state index contributed by atoms with van der Waals surface area (Å²) >= 11 is 0. The van der Waals surface area contributed by atoms with Crippen LogP contribution < -0.4 is 15.4 Å². The van der Waals surface area contributed by atoms with E-state index in [2.05, 4.69) is 49.1 Å². The number of carbonyl (C=O) groups is 2. The van der Waals surface area contributed by atoms with Crippen molar-refractivity contribution in [2.75, 3.05) is 19.3 Å². The Bertz CT molecular complexity index is 1350. The Morgan fingerprint density at radius 2 is 1.66 bits per heavy atom. The van der Waals surface area contributed by atoms with Gasteiger partial charge in [0.2, 0.25) is 0 Å². The van der Waals surface area contributed by atoms with Gasteiger partial charge >= 0.3 is 12.0 Å². The smallest absolute Gasteiger partial charge is 0.335 e. The van der Waals surface area contributed by atoms with Crippen molar-refractivity contribution < 1.29 is 18.9 Å². The number of hydrogen-bond acceptors (Lipinski definition) is 3. The fraction of sp³-hybridized carbons (Fsp3) is 0.722. The number of nitrogens with one attached hydrogen (secondary N) is 3. The quantitative estimate of drug-likeness (QED) is 0.251. The van der Waals surface area contributed by atoms with Crippen molar-refractivity contribution in [3.63, 3.8) is 0 Å². The second-order valence-corrected chi connectivity index (χ2v) is 16.8. The minimum absolute atomic E-state index is 0.0755. The summed E-state index contributed by atoms with van der Waals surface area (Å²) in [5, 5.41) is 15.9. The number of amides is 2. The molecule has 0 bridgehead atoms. The van der Waals surface area contributed by atoms with Gasteiger partial charge in [-0.15, -0.1) is 0 Å².